The van der Waals surface area contributed by atoms with E-state index in [4.69, 9.17) is 4.74 Å². The number of hydrogen-bond acceptors (Lipinski definition) is 3. The summed E-state index contributed by atoms with van der Waals surface area (Å²) in [6.07, 6.45) is 0. The quantitative estimate of drug-likeness (QED) is 0.810. The zero-order valence-electron chi connectivity index (χ0n) is 10.0. The number of hydrogen-bond donors (Lipinski definition) is 2. The highest BCUT2D eigenvalue weighted by atomic mass is 16.5. The average molecular weight is 242 g/mol. The smallest absolute Gasteiger partial charge is 0.269 e. The molecule has 0 radical (unpaired) electrons. The van der Waals surface area contributed by atoms with Crippen molar-refractivity contribution in [3.63, 3.8) is 0 Å². The van der Waals surface area contributed by atoms with Gasteiger partial charge in [0, 0.05) is 5.56 Å². The van der Waals surface area contributed by atoms with Gasteiger partial charge in [-0.2, -0.15) is 0 Å². The predicted octanol–water partition coefficient (Wildman–Crippen LogP) is 2.45. The molecule has 4 heteroatoms. The minimum absolute atomic E-state index is 0.210. The van der Waals surface area contributed by atoms with Crippen LogP contribution in [-0.2, 0) is 0 Å². The van der Waals surface area contributed by atoms with E-state index in [2.05, 4.69) is 10.9 Å². The van der Waals surface area contributed by atoms with Gasteiger partial charge in [0.05, 0.1) is 12.8 Å². The Hall–Kier alpha value is -2.49. The van der Waals surface area contributed by atoms with Crippen LogP contribution in [0.2, 0.25) is 0 Å². The van der Waals surface area contributed by atoms with Gasteiger partial charge in [-0.25, -0.2) is 0 Å². The first kappa shape index (κ1) is 12.0. The lowest BCUT2D eigenvalue weighted by atomic mass is 10.2. The Kier molecular flexibility index (Phi) is 3.81. The van der Waals surface area contributed by atoms with Gasteiger partial charge in [0.2, 0.25) is 0 Å². The van der Waals surface area contributed by atoms with E-state index in [1.807, 2.05) is 30.3 Å². The number of carbonyl (C=O) groups is 1. The third-order valence-corrected chi connectivity index (χ3v) is 2.43. The van der Waals surface area contributed by atoms with Crippen LogP contribution in [0.4, 0.5) is 5.69 Å². The van der Waals surface area contributed by atoms with E-state index in [1.54, 1.807) is 31.4 Å². The fourth-order valence-corrected chi connectivity index (χ4v) is 1.49. The molecule has 0 saturated heterocycles. The number of anilines is 1. The van der Waals surface area contributed by atoms with Crippen LogP contribution < -0.4 is 15.6 Å². The molecule has 0 aliphatic rings. The molecule has 2 rings (SSSR count). The molecule has 0 atom stereocenters. The number of methoxy groups -OCH3 is 1. The average Bonchev–Trinajstić information content (AvgIpc) is 2.46. The number of nitrogens with one attached hydrogen (secondary N) is 2. The molecule has 4 nitrogen and oxygen atoms in total. The van der Waals surface area contributed by atoms with E-state index in [-0.39, 0.29) is 5.91 Å². The largest absolute Gasteiger partial charge is 0.497 e. The van der Waals surface area contributed by atoms with Crippen molar-refractivity contribution in [2.75, 3.05) is 12.5 Å². The van der Waals surface area contributed by atoms with Crippen LogP contribution in [0.25, 0.3) is 0 Å². The summed E-state index contributed by atoms with van der Waals surface area (Å²) >= 11 is 0. The molecule has 0 saturated carbocycles. The van der Waals surface area contributed by atoms with Crippen molar-refractivity contribution in [1.82, 2.24) is 5.43 Å². The lowest BCUT2D eigenvalue weighted by molar-refractivity contribution is 0.0962. The third-order valence-electron chi connectivity index (χ3n) is 2.43. The molecule has 0 spiro atoms. The minimum atomic E-state index is -0.210. The SMILES string of the molecule is COc1cccc(C(=O)NNc2ccccc2)c1. The summed E-state index contributed by atoms with van der Waals surface area (Å²) in [4.78, 5) is 11.9. The maximum absolute atomic E-state index is 11.9. The second kappa shape index (κ2) is 5.72. The van der Waals surface area contributed by atoms with E-state index >= 15 is 0 Å². The first-order valence-electron chi connectivity index (χ1n) is 5.55. The summed E-state index contributed by atoms with van der Waals surface area (Å²) in [5.74, 6) is 0.445. The molecule has 2 aromatic carbocycles. The molecule has 0 unspecified atom stereocenters. The second-order valence-electron chi connectivity index (χ2n) is 3.68. The molecule has 18 heavy (non-hydrogen) atoms. The lowest BCUT2D eigenvalue weighted by Gasteiger charge is -2.08. The molecular weight excluding hydrogens is 228 g/mol. The van der Waals surface area contributed by atoms with Gasteiger partial charge in [-0.15, -0.1) is 0 Å². The van der Waals surface area contributed by atoms with Crippen LogP contribution in [0.15, 0.2) is 54.6 Å². The van der Waals surface area contributed by atoms with Crippen LogP contribution in [0.1, 0.15) is 10.4 Å². The Labute approximate surface area is 106 Å². The van der Waals surface area contributed by atoms with Gasteiger partial charge in [-0.3, -0.25) is 15.6 Å². The van der Waals surface area contributed by atoms with E-state index in [0.717, 1.165) is 5.69 Å². The maximum atomic E-state index is 11.9. The Morgan fingerprint density at radius 3 is 2.56 bits per heavy atom. The molecule has 0 fully saturated rings. The van der Waals surface area contributed by atoms with Gasteiger partial charge in [-0.05, 0) is 30.3 Å². The summed E-state index contributed by atoms with van der Waals surface area (Å²) in [5.41, 5.74) is 6.83. The standard InChI is InChI=1S/C14H14N2O2/c1-18-13-9-5-6-11(10-13)14(17)16-15-12-7-3-2-4-8-12/h2-10,15H,1H3,(H,16,17). The van der Waals surface area contributed by atoms with E-state index in [1.165, 1.54) is 0 Å². The summed E-state index contributed by atoms with van der Waals surface area (Å²) in [6, 6.07) is 16.4. The van der Waals surface area contributed by atoms with Crippen molar-refractivity contribution >= 4 is 11.6 Å². The number of hydrazine groups is 1. The fourth-order valence-electron chi connectivity index (χ4n) is 1.49. The number of benzene rings is 2. The molecule has 2 N–H and O–H groups in total. The summed E-state index contributed by atoms with van der Waals surface area (Å²) in [7, 11) is 1.57. The Bertz CT molecular complexity index is 526. The zero-order chi connectivity index (χ0) is 12.8. The van der Waals surface area contributed by atoms with Crippen LogP contribution >= 0.6 is 0 Å². The van der Waals surface area contributed by atoms with Crippen molar-refractivity contribution < 1.29 is 9.53 Å². The van der Waals surface area contributed by atoms with Gasteiger partial charge in [0.25, 0.3) is 5.91 Å². The van der Waals surface area contributed by atoms with Crippen molar-refractivity contribution in [3.8, 4) is 5.75 Å². The molecule has 1 amide bonds. The summed E-state index contributed by atoms with van der Waals surface area (Å²) in [5, 5.41) is 0. The van der Waals surface area contributed by atoms with Crippen molar-refractivity contribution in [3.05, 3.63) is 60.2 Å². The van der Waals surface area contributed by atoms with Gasteiger partial charge in [0.15, 0.2) is 0 Å². The monoisotopic (exact) mass is 242 g/mol. The molecule has 2 aromatic rings. The first-order chi connectivity index (χ1) is 8.79. The van der Waals surface area contributed by atoms with E-state index < -0.39 is 0 Å². The van der Waals surface area contributed by atoms with Gasteiger partial charge < -0.3 is 4.74 Å². The fraction of sp³-hybridized carbons (Fsp3) is 0.0714. The predicted molar refractivity (Wildman–Crippen MR) is 70.5 cm³/mol. The first-order valence-corrected chi connectivity index (χ1v) is 5.55. The summed E-state index contributed by atoms with van der Waals surface area (Å²) in [6.45, 7) is 0. The van der Waals surface area contributed by atoms with Crippen molar-refractivity contribution in [2.45, 2.75) is 0 Å². The summed E-state index contributed by atoms with van der Waals surface area (Å²) < 4.78 is 5.07. The lowest BCUT2D eigenvalue weighted by Crippen LogP contribution is -2.29. The second-order valence-corrected chi connectivity index (χ2v) is 3.68. The molecular formula is C14H14N2O2. The zero-order valence-corrected chi connectivity index (χ0v) is 10.0. The normalized spacial score (nSPS) is 9.61. The van der Waals surface area contributed by atoms with Crippen LogP contribution in [-0.4, -0.2) is 13.0 Å². The molecule has 0 heterocycles. The van der Waals surface area contributed by atoms with Gasteiger partial charge in [0.1, 0.15) is 5.75 Å². The maximum Gasteiger partial charge on any atom is 0.269 e. The number of amides is 1. The Balaban J connectivity index is 1.99. The molecule has 92 valence electrons. The van der Waals surface area contributed by atoms with E-state index in [9.17, 15) is 4.79 Å². The highest BCUT2D eigenvalue weighted by Gasteiger charge is 2.05. The van der Waals surface area contributed by atoms with Crippen LogP contribution in [0.3, 0.4) is 0 Å². The molecule has 0 aromatic heterocycles. The van der Waals surface area contributed by atoms with Crippen molar-refractivity contribution in [1.29, 1.82) is 0 Å². The van der Waals surface area contributed by atoms with Crippen LogP contribution in [0, 0.1) is 0 Å². The molecule has 0 aliphatic heterocycles. The van der Waals surface area contributed by atoms with E-state index in [0.29, 0.717) is 11.3 Å². The molecule has 0 aliphatic carbocycles. The minimum Gasteiger partial charge on any atom is -0.497 e. The highest BCUT2D eigenvalue weighted by Crippen LogP contribution is 2.12. The third kappa shape index (κ3) is 3.01. The Morgan fingerprint density at radius 2 is 1.83 bits per heavy atom. The van der Waals surface area contributed by atoms with Crippen molar-refractivity contribution in [2.24, 2.45) is 0 Å². The molecule has 0 bridgehead atoms. The topological polar surface area (TPSA) is 50.4 Å². The number of carbonyl (C=O) groups excluding carboxylic acids is 1. The number of rotatable bonds is 4. The highest BCUT2D eigenvalue weighted by molar-refractivity contribution is 5.95. The number of para-hydroxylation sites is 1. The van der Waals surface area contributed by atoms with Gasteiger partial charge >= 0.3 is 0 Å². The Morgan fingerprint density at radius 1 is 1.06 bits per heavy atom. The van der Waals surface area contributed by atoms with Crippen LogP contribution in [0.5, 0.6) is 5.75 Å². The number of ether oxygens (including phenoxy) is 1. The van der Waals surface area contributed by atoms with Gasteiger partial charge in [-0.1, -0.05) is 24.3 Å².